The molecule has 0 aliphatic carbocycles. The Labute approximate surface area is 128 Å². The van der Waals surface area contributed by atoms with Crippen LogP contribution >= 0.6 is 28.1 Å². The minimum absolute atomic E-state index is 0.454. The largest absolute Gasteiger partial charge is 0.389 e. The molecule has 19 heavy (non-hydrogen) atoms. The van der Waals surface area contributed by atoms with Crippen molar-refractivity contribution < 1.29 is 0 Å². The van der Waals surface area contributed by atoms with Crippen molar-refractivity contribution in [1.82, 2.24) is 4.90 Å². The van der Waals surface area contributed by atoms with Gasteiger partial charge in [-0.05, 0) is 44.1 Å². The number of anilines is 1. The maximum Gasteiger partial charge on any atom is 0.106 e. The van der Waals surface area contributed by atoms with Crippen molar-refractivity contribution >= 4 is 38.8 Å². The maximum absolute atomic E-state index is 5.80. The molecule has 1 fully saturated rings. The molecular formula is C14H20BrN3S. The molecule has 0 amide bonds. The van der Waals surface area contributed by atoms with Gasteiger partial charge in [0.25, 0.3) is 0 Å². The van der Waals surface area contributed by atoms with Gasteiger partial charge in [0.2, 0.25) is 0 Å². The molecule has 0 unspecified atom stereocenters. The highest BCUT2D eigenvalue weighted by Crippen LogP contribution is 2.24. The summed E-state index contributed by atoms with van der Waals surface area (Å²) in [6.07, 6.45) is 2.66. The second-order valence-electron chi connectivity index (χ2n) is 5.00. The van der Waals surface area contributed by atoms with Gasteiger partial charge in [-0.1, -0.05) is 28.1 Å². The molecule has 1 aromatic carbocycles. The fourth-order valence-electron chi connectivity index (χ4n) is 2.45. The Morgan fingerprint density at radius 3 is 2.74 bits per heavy atom. The van der Waals surface area contributed by atoms with E-state index in [-0.39, 0.29) is 0 Å². The van der Waals surface area contributed by atoms with Crippen molar-refractivity contribution in [2.24, 2.45) is 5.73 Å². The number of rotatable bonds is 5. The van der Waals surface area contributed by atoms with E-state index in [1.165, 1.54) is 25.9 Å². The van der Waals surface area contributed by atoms with E-state index in [1.807, 2.05) is 12.1 Å². The fourth-order valence-corrected chi connectivity index (χ4v) is 2.97. The minimum atomic E-state index is 0.454. The molecule has 5 heteroatoms. The average molecular weight is 342 g/mol. The lowest BCUT2D eigenvalue weighted by Crippen LogP contribution is -2.32. The molecule has 0 aromatic heterocycles. The van der Waals surface area contributed by atoms with Crippen LogP contribution in [-0.4, -0.2) is 43.1 Å². The Morgan fingerprint density at radius 1 is 1.42 bits per heavy atom. The van der Waals surface area contributed by atoms with E-state index in [0.717, 1.165) is 28.8 Å². The molecule has 1 saturated heterocycles. The molecule has 1 heterocycles. The monoisotopic (exact) mass is 341 g/mol. The SMILES string of the molecule is CN(CCN1CCCC1)c1cc(Br)ccc1C(N)=S. The first-order valence-electron chi connectivity index (χ1n) is 6.61. The summed E-state index contributed by atoms with van der Waals surface area (Å²) in [5, 5.41) is 0. The first kappa shape index (κ1) is 14.8. The highest BCUT2D eigenvalue weighted by atomic mass is 79.9. The van der Waals surface area contributed by atoms with E-state index in [0.29, 0.717) is 4.99 Å². The van der Waals surface area contributed by atoms with E-state index in [4.69, 9.17) is 18.0 Å². The van der Waals surface area contributed by atoms with E-state index in [9.17, 15) is 0 Å². The standard InChI is InChI=1S/C14H20BrN3S/c1-17(8-9-18-6-2-3-7-18)13-10-11(15)4-5-12(13)14(16)19/h4-5,10H,2-3,6-9H2,1H3,(H2,16,19). The second kappa shape index (κ2) is 6.68. The molecule has 0 spiro atoms. The summed E-state index contributed by atoms with van der Waals surface area (Å²) in [6.45, 7) is 4.55. The smallest absolute Gasteiger partial charge is 0.106 e. The molecule has 1 aromatic rings. The molecule has 0 bridgehead atoms. The van der Waals surface area contributed by atoms with Crippen LogP contribution in [0.25, 0.3) is 0 Å². The van der Waals surface area contributed by atoms with Crippen LogP contribution < -0.4 is 10.6 Å². The lowest BCUT2D eigenvalue weighted by Gasteiger charge is -2.25. The third-order valence-electron chi connectivity index (χ3n) is 3.59. The number of likely N-dealkylation sites (tertiary alicyclic amines) is 1. The topological polar surface area (TPSA) is 32.5 Å². The highest BCUT2D eigenvalue weighted by molar-refractivity contribution is 9.10. The third-order valence-corrected chi connectivity index (χ3v) is 4.30. The van der Waals surface area contributed by atoms with Crippen LogP contribution in [0, 0.1) is 0 Å². The predicted molar refractivity (Wildman–Crippen MR) is 89.0 cm³/mol. The predicted octanol–water partition coefficient (Wildman–Crippen LogP) is 2.62. The highest BCUT2D eigenvalue weighted by Gasteiger charge is 2.14. The zero-order valence-corrected chi connectivity index (χ0v) is 13.6. The summed E-state index contributed by atoms with van der Waals surface area (Å²) in [5.74, 6) is 0. The second-order valence-corrected chi connectivity index (χ2v) is 6.35. The third kappa shape index (κ3) is 3.91. The number of benzene rings is 1. The number of halogens is 1. The van der Waals surface area contributed by atoms with Gasteiger partial charge in [0.1, 0.15) is 4.99 Å². The maximum atomic E-state index is 5.80. The fraction of sp³-hybridized carbons (Fsp3) is 0.500. The molecular weight excluding hydrogens is 322 g/mol. The molecule has 2 N–H and O–H groups in total. The van der Waals surface area contributed by atoms with Crippen LogP contribution in [0.2, 0.25) is 0 Å². The Balaban J connectivity index is 2.06. The Kier molecular flexibility index (Phi) is 5.19. The molecule has 1 aliphatic rings. The summed E-state index contributed by atoms with van der Waals surface area (Å²) in [5.41, 5.74) is 7.84. The Morgan fingerprint density at radius 2 is 2.11 bits per heavy atom. The first-order valence-corrected chi connectivity index (χ1v) is 7.81. The van der Waals surface area contributed by atoms with Crippen molar-refractivity contribution in [2.75, 3.05) is 38.1 Å². The van der Waals surface area contributed by atoms with Gasteiger partial charge in [-0.2, -0.15) is 0 Å². The zero-order chi connectivity index (χ0) is 13.8. The molecule has 0 radical (unpaired) electrons. The van der Waals surface area contributed by atoms with E-state index in [1.54, 1.807) is 0 Å². The van der Waals surface area contributed by atoms with Gasteiger partial charge in [-0.3, -0.25) is 0 Å². The van der Waals surface area contributed by atoms with Crippen molar-refractivity contribution in [1.29, 1.82) is 0 Å². The Bertz CT molecular complexity index is 458. The van der Waals surface area contributed by atoms with Crippen LogP contribution in [-0.2, 0) is 0 Å². The molecule has 2 rings (SSSR count). The van der Waals surface area contributed by atoms with E-state index < -0.39 is 0 Å². The van der Waals surface area contributed by atoms with Crippen molar-refractivity contribution in [2.45, 2.75) is 12.8 Å². The van der Waals surface area contributed by atoms with E-state index >= 15 is 0 Å². The number of hydrogen-bond acceptors (Lipinski definition) is 3. The summed E-state index contributed by atoms with van der Waals surface area (Å²) in [7, 11) is 2.10. The lowest BCUT2D eigenvalue weighted by atomic mass is 10.1. The van der Waals surface area contributed by atoms with Crippen LogP contribution in [0.4, 0.5) is 5.69 Å². The molecule has 0 atom stereocenters. The van der Waals surface area contributed by atoms with Crippen molar-refractivity contribution in [3.8, 4) is 0 Å². The van der Waals surface area contributed by atoms with Crippen LogP contribution in [0.5, 0.6) is 0 Å². The average Bonchev–Trinajstić information content (AvgIpc) is 2.88. The van der Waals surface area contributed by atoms with Gasteiger partial charge in [-0.15, -0.1) is 0 Å². The molecule has 1 aliphatic heterocycles. The number of thiocarbonyl (C=S) groups is 1. The summed E-state index contributed by atoms with van der Waals surface area (Å²) in [4.78, 5) is 5.20. The normalized spacial score (nSPS) is 15.7. The Hall–Kier alpha value is -0.650. The quantitative estimate of drug-likeness (QED) is 0.834. The van der Waals surface area contributed by atoms with Crippen LogP contribution in [0.1, 0.15) is 18.4 Å². The lowest BCUT2D eigenvalue weighted by molar-refractivity contribution is 0.346. The molecule has 104 valence electrons. The van der Waals surface area contributed by atoms with Gasteiger partial charge in [-0.25, -0.2) is 0 Å². The van der Waals surface area contributed by atoms with Gasteiger partial charge in [0, 0.05) is 35.9 Å². The summed E-state index contributed by atoms with van der Waals surface area (Å²) in [6, 6.07) is 6.04. The van der Waals surface area contributed by atoms with Crippen LogP contribution in [0.15, 0.2) is 22.7 Å². The van der Waals surface area contributed by atoms with Gasteiger partial charge in [0.05, 0.1) is 0 Å². The molecule has 0 saturated carbocycles. The van der Waals surface area contributed by atoms with Gasteiger partial charge < -0.3 is 15.5 Å². The van der Waals surface area contributed by atoms with Gasteiger partial charge >= 0.3 is 0 Å². The molecule has 3 nitrogen and oxygen atoms in total. The van der Waals surface area contributed by atoms with Crippen molar-refractivity contribution in [3.05, 3.63) is 28.2 Å². The van der Waals surface area contributed by atoms with Crippen LogP contribution in [0.3, 0.4) is 0 Å². The number of nitrogens with zero attached hydrogens (tertiary/aromatic N) is 2. The van der Waals surface area contributed by atoms with E-state index in [2.05, 4.69) is 38.8 Å². The van der Waals surface area contributed by atoms with Gasteiger partial charge in [0.15, 0.2) is 0 Å². The number of hydrogen-bond donors (Lipinski definition) is 1. The first-order chi connectivity index (χ1) is 9.08. The zero-order valence-electron chi connectivity index (χ0n) is 11.2. The minimum Gasteiger partial charge on any atom is -0.389 e. The van der Waals surface area contributed by atoms with Crippen molar-refractivity contribution in [3.63, 3.8) is 0 Å². The number of likely N-dealkylation sites (N-methyl/N-ethyl adjacent to an activating group) is 1. The summed E-state index contributed by atoms with van der Waals surface area (Å²) < 4.78 is 1.05. The number of nitrogens with two attached hydrogens (primary N) is 1. The summed E-state index contributed by atoms with van der Waals surface area (Å²) >= 11 is 8.64.